The fraction of sp³-hybridized carbons (Fsp3) is 0.333. The molecule has 2 N–H and O–H groups in total. The second-order valence-corrected chi connectivity index (χ2v) is 9.22. The summed E-state index contributed by atoms with van der Waals surface area (Å²) in [7, 11) is 0. The van der Waals surface area contributed by atoms with E-state index in [-0.39, 0.29) is 18.2 Å². The summed E-state index contributed by atoms with van der Waals surface area (Å²) in [6.07, 6.45) is 0.204. The maximum absolute atomic E-state index is 12.9. The zero-order valence-corrected chi connectivity index (χ0v) is 20.5. The Morgan fingerprint density at radius 2 is 1.67 bits per heavy atom. The van der Waals surface area contributed by atoms with Crippen molar-refractivity contribution in [2.24, 2.45) is 5.92 Å². The molecular weight excluding hydrogens is 456 g/mol. The van der Waals surface area contributed by atoms with Crippen LogP contribution in [0.2, 0.25) is 0 Å². The quantitative estimate of drug-likeness (QED) is 0.548. The van der Waals surface area contributed by atoms with Crippen molar-refractivity contribution in [1.29, 1.82) is 0 Å². The van der Waals surface area contributed by atoms with Gasteiger partial charge >= 0.3 is 0 Å². The summed E-state index contributed by atoms with van der Waals surface area (Å²) in [4.78, 5) is 38.4. The van der Waals surface area contributed by atoms with E-state index in [2.05, 4.69) is 25.5 Å². The van der Waals surface area contributed by atoms with E-state index in [9.17, 15) is 9.59 Å². The Bertz CT molecular complexity index is 1240. The summed E-state index contributed by atoms with van der Waals surface area (Å²) in [6.45, 7) is 7.32. The van der Waals surface area contributed by atoms with Crippen LogP contribution >= 0.6 is 0 Å². The average molecular weight is 487 g/mol. The van der Waals surface area contributed by atoms with E-state index in [1.807, 2.05) is 68.4 Å². The Hall–Kier alpha value is -3.98. The largest absolute Gasteiger partial charge is 0.378 e. The van der Waals surface area contributed by atoms with Gasteiger partial charge in [-0.05, 0) is 50.2 Å². The second-order valence-electron chi connectivity index (χ2n) is 9.22. The number of aromatic nitrogens is 2. The van der Waals surface area contributed by atoms with Gasteiger partial charge in [-0.3, -0.25) is 9.59 Å². The minimum Gasteiger partial charge on any atom is -0.378 e. The molecule has 3 aromatic rings. The van der Waals surface area contributed by atoms with Gasteiger partial charge in [0.1, 0.15) is 5.82 Å². The van der Waals surface area contributed by atoms with Gasteiger partial charge in [-0.1, -0.05) is 17.7 Å². The van der Waals surface area contributed by atoms with Crippen LogP contribution in [-0.2, 0) is 14.3 Å². The molecule has 0 saturated carbocycles. The van der Waals surface area contributed by atoms with E-state index < -0.39 is 5.92 Å². The summed E-state index contributed by atoms with van der Waals surface area (Å²) in [5.74, 6) is 0.817. The summed E-state index contributed by atoms with van der Waals surface area (Å²) >= 11 is 0. The maximum atomic E-state index is 12.9. The molecule has 0 unspecified atom stereocenters. The van der Waals surface area contributed by atoms with Gasteiger partial charge in [0.15, 0.2) is 0 Å². The van der Waals surface area contributed by atoms with E-state index in [1.54, 1.807) is 4.90 Å². The summed E-state index contributed by atoms with van der Waals surface area (Å²) in [6, 6.07) is 17.1. The van der Waals surface area contributed by atoms with Crippen LogP contribution in [0.4, 0.5) is 28.8 Å². The van der Waals surface area contributed by atoms with Crippen molar-refractivity contribution in [2.45, 2.75) is 20.3 Å². The molecule has 2 saturated heterocycles. The van der Waals surface area contributed by atoms with Crippen LogP contribution in [0.5, 0.6) is 0 Å². The lowest BCUT2D eigenvalue weighted by Crippen LogP contribution is -2.36. The predicted molar refractivity (Wildman–Crippen MR) is 140 cm³/mol. The van der Waals surface area contributed by atoms with E-state index in [0.717, 1.165) is 41.5 Å². The first-order valence-electron chi connectivity index (χ1n) is 12.2. The van der Waals surface area contributed by atoms with Gasteiger partial charge in [0.2, 0.25) is 17.8 Å². The molecule has 0 radical (unpaired) electrons. The number of hydrogen-bond acceptors (Lipinski definition) is 7. The first-order chi connectivity index (χ1) is 17.4. The van der Waals surface area contributed by atoms with Crippen LogP contribution in [0.25, 0.3) is 0 Å². The zero-order chi connectivity index (χ0) is 25.1. The van der Waals surface area contributed by atoms with E-state index in [1.165, 1.54) is 0 Å². The van der Waals surface area contributed by atoms with Crippen molar-refractivity contribution in [1.82, 2.24) is 9.97 Å². The molecule has 0 bridgehead atoms. The van der Waals surface area contributed by atoms with Crippen LogP contribution < -0.4 is 20.4 Å². The number of anilines is 5. The van der Waals surface area contributed by atoms with Crippen LogP contribution in [0.3, 0.4) is 0 Å². The number of nitrogens with one attached hydrogen (secondary N) is 2. The highest BCUT2D eigenvalue weighted by molar-refractivity contribution is 6.03. The van der Waals surface area contributed by atoms with E-state index in [4.69, 9.17) is 4.74 Å². The topological polar surface area (TPSA) is 99.7 Å². The number of benzene rings is 2. The number of hydrogen-bond donors (Lipinski definition) is 2. The average Bonchev–Trinajstić information content (AvgIpc) is 3.27. The minimum absolute atomic E-state index is 0.0341. The Kier molecular flexibility index (Phi) is 6.81. The minimum atomic E-state index is -0.393. The van der Waals surface area contributed by atoms with Crippen molar-refractivity contribution < 1.29 is 14.3 Å². The molecule has 5 rings (SSSR count). The molecule has 9 nitrogen and oxygen atoms in total. The summed E-state index contributed by atoms with van der Waals surface area (Å²) in [5, 5.41) is 6.19. The van der Waals surface area contributed by atoms with Gasteiger partial charge in [-0.15, -0.1) is 0 Å². The lowest BCUT2D eigenvalue weighted by molar-refractivity contribution is -0.122. The third-order valence-corrected chi connectivity index (χ3v) is 6.43. The SMILES string of the molecule is Cc1ccc(N2C[C@@H](C(=O)Nc3ccc(Nc4nc(C)cc(N5CCOCC5)n4)cc3)CC2=O)cc1. The molecule has 36 heavy (non-hydrogen) atoms. The molecule has 1 aromatic heterocycles. The molecular formula is C27H30N6O3. The second kappa shape index (κ2) is 10.3. The van der Waals surface area contributed by atoms with Gasteiger partial charge in [0.25, 0.3) is 0 Å². The van der Waals surface area contributed by atoms with Crippen molar-refractivity contribution >= 4 is 40.6 Å². The fourth-order valence-electron chi connectivity index (χ4n) is 4.43. The molecule has 2 aromatic carbocycles. The Balaban J connectivity index is 1.20. The molecule has 1 atom stereocenters. The van der Waals surface area contributed by atoms with Crippen molar-refractivity contribution in [3.8, 4) is 0 Å². The van der Waals surface area contributed by atoms with Gasteiger partial charge in [0, 0.05) is 54.9 Å². The Morgan fingerprint density at radius 3 is 2.39 bits per heavy atom. The van der Waals surface area contributed by atoms with Crippen molar-refractivity contribution in [2.75, 3.05) is 53.3 Å². The zero-order valence-electron chi connectivity index (χ0n) is 20.5. The number of amides is 2. The molecule has 2 aliphatic rings. The number of carbonyl (C=O) groups excluding carboxylic acids is 2. The lowest BCUT2D eigenvalue weighted by atomic mass is 10.1. The highest BCUT2D eigenvalue weighted by Gasteiger charge is 2.35. The maximum Gasteiger partial charge on any atom is 0.229 e. The first kappa shape index (κ1) is 23.7. The number of nitrogens with zero attached hydrogens (tertiary/aromatic N) is 4. The lowest BCUT2D eigenvalue weighted by Gasteiger charge is -2.28. The fourth-order valence-corrected chi connectivity index (χ4v) is 4.43. The van der Waals surface area contributed by atoms with Gasteiger partial charge in [0.05, 0.1) is 19.1 Å². The number of carbonyl (C=O) groups is 2. The van der Waals surface area contributed by atoms with Crippen LogP contribution in [0, 0.1) is 19.8 Å². The molecule has 2 fully saturated rings. The summed E-state index contributed by atoms with van der Waals surface area (Å²) < 4.78 is 5.43. The van der Waals surface area contributed by atoms with Gasteiger partial charge in [-0.2, -0.15) is 4.98 Å². The summed E-state index contributed by atoms with van der Waals surface area (Å²) in [5.41, 5.74) is 4.32. The molecule has 2 amide bonds. The van der Waals surface area contributed by atoms with Crippen LogP contribution in [0.15, 0.2) is 54.6 Å². The highest BCUT2D eigenvalue weighted by Crippen LogP contribution is 2.27. The standard InChI is InChI=1S/C27H30N6O3/c1-18-3-9-23(10-4-18)33-17-20(16-25(33)34)26(35)29-21-5-7-22(8-6-21)30-27-28-19(2)15-24(31-27)32-11-13-36-14-12-32/h3-10,15,20H,11-14,16-17H2,1-2H3,(H,29,35)(H,28,30,31)/t20-/m0/s1. The number of morpholine rings is 1. The Labute approximate surface area is 210 Å². The van der Waals surface area contributed by atoms with Crippen LogP contribution in [-0.4, -0.2) is 54.6 Å². The number of rotatable bonds is 6. The third kappa shape index (κ3) is 5.46. The Morgan fingerprint density at radius 1 is 0.972 bits per heavy atom. The number of aryl methyl sites for hydroxylation is 2. The predicted octanol–water partition coefficient (Wildman–Crippen LogP) is 3.67. The monoisotopic (exact) mass is 486 g/mol. The van der Waals surface area contributed by atoms with Gasteiger partial charge < -0.3 is 25.2 Å². The van der Waals surface area contributed by atoms with Crippen molar-refractivity contribution in [3.05, 3.63) is 65.9 Å². The molecule has 2 aliphatic heterocycles. The molecule has 0 spiro atoms. The van der Waals surface area contributed by atoms with E-state index in [0.29, 0.717) is 31.4 Å². The smallest absolute Gasteiger partial charge is 0.229 e. The van der Waals surface area contributed by atoms with E-state index >= 15 is 0 Å². The van der Waals surface area contributed by atoms with Crippen molar-refractivity contribution in [3.63, 3.8) is 0 Å². The molecule has 186 valence electrons. The third-order valence-electron chi connectivity index (χ3n) is 6.43. The molecule has 9 heteroatoms. The highest BCUT2D eigenvalue weighted by atomic mass is 16.5. The molecule has 0 aliphatic carbocycles. The number of ether oxygens (including phenoxy) is 1. The normalized spacial score (nSPS) is 17.8. The van der Waals surface area contributed by atoms with Gasteiger partial charge in [-0.25, -0.2) is 4.98 Å². The molecule has 3 heterocycles. The first-order valence-corrected chi connectivity index (χ1v) is 12.2. The van der Waals surface area contributed by atoms with Crippen LogP contribution in [0.1, 0.15) is 17.7 Å².